The highest BCUT2D eigenvalue weighted by atomic mass is 127. The third kappa shape index (κ3) is 5.84. The fraction of sp³-hybridized carbons (Fsp3) is 0.158. The van der Waals surface area contributed by atoms with Gasteiger partial charge in [0, 0.05) is 23.6 Å². The van der Waals surface area contributed by atoms with Gasteiger partial charge in [-0.05, 0) is 29.8 Å². The molecule has 3 aromatic rings. The molecule has 0 fully saturated rings. The van der Waals surface area contributed by atoms with Crippen molar-refractivity contribution in [2.45, 2.75) is 13.1 Å². The van der Waals surface area contributed by atoms with Crippen molar-refractivity contribution in [2.24, 2.45) is 4.99 Å². The Kier molecular flexibility index (Phi) is 8.11. The number of halogens is 2. The number of benzene rings is 2. The molecule has 0 saturated heterocycles. The fourth-order valence-electron chi connectivity index (χ4n) is 2.33. The van der Waals surface area contributed by atoms with Crippen molar-refractivity contribution in [1.29, 1.82) is 0 Å². The normalized spacial score (nSPS) is 10.9. The Morgan fingerprint density at radius 1 is 1.08 bits per heavy atom. The molecule has 0 atom stereocenters. The van der Waals surface area contributed by atoms with Gasteiger partial charge in [0.2, 0.25) is 5.89 Å². The molecular weight excluding hydrogens is 507 g/mol. The lowest BCUT2D eigenvalue weighted by atomic mass is 10.2. The van der Waals surface area contributed by atoms with E-state index in [4.69, 9.17) is 4.42 Å². The zero-order valence-corrected chi connectivity index (χ0v) is 18.2. The van der Waals surface area contributed by atoms with E-state index in [2.05, 4.69) is 48.7 Å². The molecule has 0 unspecified atom stereocenters. The number of aromatic nitrogens is 1. The summed E-state index contributed by atoms with van der Waals surface area (Å²) in [5, 5.41) is 6.52. The number of aliphatic imine (C=N–C) groups is 1. The number of guanidine groups is 1. The topological polar surface area (TPSA) is 62.5 Å². The first-order valence-corrected chi connectivity index (χ1v) is 8.72. The molecule has 3 rings (SSSR count). The average Bonchev–Trinajstić information content (AvgIpc) is 3.12. The Morgan fingerprint density at radius 2 is 1.85 bits per heavy atom. The molecular formula is C19H20BrIN4O. The lowest BCUT2D eigenvalue weighted by Crippen LogP contribution is -2.36. The SMILES string of the molecule is CN=C(NCc1cccc(Br)c1)NCc1coc(-c2ccccc2)n1.I. The van der Waals surface area contributed by atoms with Crippen molar-refractivity contribution in [2.75, 3.05) is 7.05 Å². The summed E-state index contributed by atoms with van der Waals surface area (Å²) < 4.78 is 6.60. The molecule has 26 heavy (non-hydrogen) atoms. The van der Waals surface area contributed by atoms with Crippen LogP contribution in [0.3, 0.4) is 0 Å². The van der Waals surface area contributed by atoms with Gasteiger partial charge in [-0.25, -0.2) is 4.98 Å². The van der Waals surface area contributed by atoms with E-state index in [0.29, 0.717) is 24.9 Å². The fourth-order valence-corrected chi connectivity index (χ4v) is 2.78. The van der Waals surface area contributed by atoms with E-state index < -0.39 is 0 Å². The van der Waals surface area contributed by atoms with Crippen LogP contribution in [0.1, 0.15) is 11.3 Å². The molecule has 0 radical (unpaired) electrons. The Morgan fingerprint density at radius 3 is 2.58 bits per heavy atom. The maximum atomic E-state index is 5.54. The number of oxazole rings is 1. The maximum Gasteiger partial charge on any atom is 0.226 e. The average molecular weight is 527 g/mol. The van der Waals surface area contributed by atoms with Gasteiger partial charge in [0.1, 0.15) is 6.26 Å². The van der Waals surface area contributed by atoms with Crippen LogP contribution in [0.25, 0.3) is 11.5 Å². The molecule has 136 valence electrons. The number of hydrogen-bond acceptors (Lipinski definition) is 3. The molecule has 2 aromatic carbocycles. The third-order valence-electron chi connectivity index (χ3n) is 3.58. The van der Waals surface area contributed by atoms with E-state index in [0.717, 1.165) is 15.7 Å². The van der Waals surface area contributed by atoms with Gasteiger partial charge in [0.05, 0.1) is 12.2 Å². The van der Waals surface area contributed by atoms with Crippen molar-refractivity contribution in [3.8, 4) is 11.5 Å². The van der Waals surface area contributed by atoms with Crippen LogP contribution in [0.5, 0.6) is 0 Å². The molecule has 0 amide bonds. The Bertz CT molecular complexity index is 852. The first-order chi connectivity index (χ1) is 12.2. The van der Waals surface area contributed by atoms with Gasteiger partial charge in [-0.1, -0.05) is 46.3 Å². The van der Waals surface area contributed by atoms with E-state index in [9.17, 15) is 0 Å². The van der Waals surface area contributed by atoms with Crippen LogP contribution in [-0.2, 0) is 13.1 Å². The summed E-state index contributed by atoms with van der Waals surface area (Å²) in [4.78, 5) is 8.73. The van der Waals surface area contributed by atoms with Crippen molar-refractivity contribution < 1.29 is 4.42 Å². The quantitative estimate of drug-likeness (QED) is 0.290. The minimum absolute atomic E-state index is 0. The molecule has 0 aliphatic carbocycles. The molecule has 0 spiro atoms. The van der Waals surface area contributed by atoms with Crippen LogP contribution in [-0.4, -0.2) is 18.0 Å². The molecule has 1 aromatic heterocycles. The van der Waals surface area contributed by atoms with E-state index >= 15 is 0 Å². The lowest BCUT2D eigenvalue weighted by molar-refractivity contribution is 0.572. The number of nitrogens with one attached hydrogen (secondary N) is 2. The molecule has 0 saturated carbocycles. The molecule has 0 bridgehead atoms. The molecule has 1 heterocycles. The van der Waals surface area contributed by atoms with Gasteiger partial charge in [-0.3, -0.25) is 4.99 Å². The summed E-state index contributed by atoms with van der Waals surface area (Å²) in [5.41, 5.74) is 2.96. The minimum Gasteiger partial charge on any atom is -0.444 e. The Balaban J connectivity index is 0.00000243. The van der Waals surface area contributed by atoms with Gasteiger partial charge < -0.3 is 15.1 Å². The number of hydrogen-bond donors (Lipinski definition) is 2. The highest BCUT2D eigenvalue weighted by molar-refractivity contribution is 14.0. The number of nitrogens with zero attached hydrogens (tertiary/aromatic N) is 2. The van der Waals surface area contributed by atoms with Gasteiger partial charge in [0.25, 0.3) is 0 Å². The summed E-state index contributed by atoms with van der Waals surface area (Å²) in [7, 11) is 1.74. The Labute approximate surface area is 178 Å². The van der Waals surface area contributed by atoms with E-state index in [-0.39, 0.29) is 24.0 Å². The molecule has 7 heteroatoms. The van der Waals surface area contributed by atoms with Crippen molar-refractivity contribution >= 4 is 45.9 Å². The summed E-state index contributed by atoms with van der Waals surface area (Å²) in [5.74, 6) is 1.33. The Hall–Kier alpha value is -1.87. The van der Waals surface area contributed by atoms with Crippen LogP contribution in [0.15, 0.2) is 74.7 Å². The van der Waals surface area contributed by atoms with E-state index in [1.54, 1.807) is 13.3 Å². The zero-order valence-electron chi connectivity index (χ0n) is 14.3. The van der Waals surface area contributed by atoms with Gasteiger partial charge in [-0.15, -0.1) is 24.0 Å². The van der Waals surface area contributed by atoms with Crippen LogP contribution in [0, 0.1) is 0 Å². The van der Waals surface area contributed by atoms with Crippen molar-refractivity contribution in [1.82, 2.24) is 15.6 Å². The summed E-state index contributed by atoms with van der Waals surface area (Å²) in [6.45, 7) is 1.22. The summed E-state index contributed by atoms with van der Waals surface area (Å²) >= 11 is 3.48. The van der Waals surface area contributed by atoms with Crippen LogP contribution < -0.4 is 10.6 Å². The summed E-state index contributed by atoms with van der Waals surface area (Å²) in [6, 6.07) is 18.0. The predicted octanol–water partition coefficient (Wildman–Crippen LogP) is 4.59. The van der Waals surface area contributed by atoms with Crippen molar-refractivity contribution in [3.63, 3.8) is 0 Å². The summed E-state index contributed by atoms with van der Waals surface area (Å²) in [6.07, 6.45) is 1.66. The smallest absolute Gasteiger partial charge is 0.226 e. The van der Waals surface area contributed by atoms with E-state index in [1.807, 2.05) is 42.5 Å². The minimum atomic E-state index is 0. The third-order valence-corrected chi connectivity index (χ3v) is 4.08. The van der Waals surface area contributed by atoms with E-state index in [1.165, 1.54) is 5.56 Å². The molecule has 2 N–H and O–H groups in total. The standard InChI is InChI=1S/C19H19BrN4O.HI/c1-21-19(22-11-14-6-5-9-16(20)10-14)23-12-17-13-25-18(24-17)15-7-3-2-4-8-15;/h2-10,13H,11-12H2,1H3,(H2,21,22,23);1H. The largest absolute Gasteiger partial charge is 0.444 e. The van der Waals surface area contributed by atoms with Gasteiger partial charge in [0.15, 0.2) is 5.96 Å². The van der Waals surface area contributed by atoms with Gasteiger partial charge >= 0.3 is 0 Å². The number of rotatable bonds is 5. The van der Waals surface area contributed by atoms with Crippen LogP contribution in [0.2, 0.25) is 0 Å². The lowest BCUT2D eigenvalue weighted by Gasteiger charge is -2.11. The molecule has 5 nitrogen and oxygen atoms in total. The monoisotopic (exact) mass is 526 g/mol. The maximum absolute atomic E-state index is 5.54. The second-order valence-corrected chi connectivity index (χ2v) is 6.33. The van der Waals surface area contributed by atoms with Gasteiger partial charge in [-0.2, -0.15) is 0 Å². The van der Waals surface area contributed by atoms with Crippen LogP contribution in [0.4, 0.5) is 0 Å². The first kappa shape index (κ1) is 20.4. The second kappa shape index (κ2) is 10.3. The molecule has 0 aliphatic heterocycles. The van der Waals surface area contributed by atoms with Crippen molar-refractivity contribution in [3.05, 3.63) is 76.6 Å². The van der Waals surface area contributed by atoms with Crippen LogP contribution >= 0.6 is 39.9 Å². The second-order valence-electron chi connectivity index (χ2n) is 5.42. The predicted molar refractivity (Wildman–Crippen MR) is 119 cm³/mol. The molecule has 0 aliphatic rings. The highest BCUT2D eigenvalue weighted by Gasteiger charge is 2.07. The first-order valence-electron chi connectivity index (χ1n) is 7.93. The highest BCUT2D eigenvalue weighted by Crippen LogP contribution is 2.17. The zero-order chi connectivity index (χ0) is 17.5.